The lowest BCUT2D eigenvalue weighted by Crippen LogP contribution is -2.09. The van der Waals surface area contributed by atoms with Crippen molar-refractivity contribution in [3.8, 4) is 0 Å². The molecule has 0 amide bonds. The number of carbonyl (C=O) groups is 1. The number of nitrogens with zero attached hydrogens (tertiary/aromatic N) is 2. The summed E-state index contributed by atoms with van der Waals surface area (Å²) in [5.41, 5.74) is 1.62. The summed E-state index contributed by atoms with van der Waals surface area (Å²) in [4.78, 5) is 19.2. The molecule has 1 atom stereocenters. The number of Topliss-reactive ketones (excluding diaryl/α,β-unsaturated/α-hetero) is 1. The van der Waals surface area contributed by atoms with E-state index in [9.17, 15) is 4.79 Å². The molecule has 1 rings (SSSR count). The number of carbonyl (C=O) groups excluding carboxylic acids is 1. The summed E-state index contributed by atoms with van der Waals surface area (Å²) in [6.07, 6.45) is 3.24. The van der Waals surface area contributed by atoms with Gasteiger partial charge in [0.25, 0.3) is 0 Å². The van der Waals surface area contributed by atoms with Crippen LogP contribution in [0.3, 0.4) is 0 Å². The van der Waals surface area contributed by atoms with Crippen LogP contribution in [0, 0.1) is 6.92 Å². The number of hydrogen-bond donors (Lipinski definition) is 0. The van der Waals surface area contributed by atoms with Crippen LogP contribution in [0.2, 0.25) is 0 Å². The van der Waals surface area contributed by atoms with Crippen molar-refractivity contribution in [2.75, 3.05) is 0 Å². The minimum atomic E-state index is -0.140. The summed E-state index contributed by atoms with van der Waals surface area (Å²) in [5, 5.41) is 0. The summed E-state index contributed by atoms with van der Waals surface area (Å²) in [6.45, 7) is 5.28. The van der Waals surface area contributed by atoms with E-state index in [1.807, 2.05) is 13.8 Å². The van der Waals surface area contributed by atoms with Crippen LogP contribution in [0.15, 0.2) is 12.4 Å². The van der Waals surface area contributed by atoms with Crippen molar-refractivity contribution >= 4 is 5.78 Å². The third kappa shape index (κ3) is 1.67. The van der Waals surface area contributed by atoms with E-state index in [0.717, 1.165) is 11.4 Å². The molecule has 0 aliphatic rings. The van der Waals surface area contributed by atoms with Gasteiger partial charge in [-0.2, -0.15) is 0 Å². The van der Waals surface area contributed by atoms with Crippen LogP contribution in [-0.2, 0) is 4.79 Å². The molecular weight excluding hydrogens is 152 g/mol. The topological polar surface area (TPSA) is 42.9 Å². The third-order valence-corrected chi connectivity index (χ3v) is 1.94. The number of ketones is 1. The van der Waals surface area contributed by atoms with Crippen molar-refractivity contribution in [3.05, 3.63) is 23.8 Å². The Kier molecular flexibility index (Phi) is 2.53. The van der Waals surface area contributed by atoms with Crippen LogP contribution in [0.1, 0.15) is 31.2 Å². The molecule has 0 bridgehead atoms. The maximum atomic E-state index is 11.0. The molecule has 0 saturated heterocycles. The fourth-order valence-corrected chi connectivity index (χ4v) is 1.04. The highest BCUT2D eigenvalue weighted by molar-refractivity contribution is 5.82. The van der Waals surface area contributed by atoms with Crippen molar-refractivity contribution in [1.82, 2.24) is 9.97 Å². The van der Waals surface area contributed by atoms with Crippen molar-refractivity contribution in [3.63, 3.8) is 0 Å². The summed E-state index contributed by atoms with van der Waals surface area (Å²) < 4.78 is 0. The first-order valence-electron chi connectivity index (χ1n) is 3.91. The Morgan fingerprint density at radius 2 is 2.00 bits per heavy atom. The average molecular weight is 164 g/mol. The smallest absolute Gasteiger partial charge is 0.138 e. The molecule has 64 valence electrons. The lowest BCUT2D eigenvalue weighted by atomic mass is 10.0. The van der Waals surface area contributed by atoms with E-state index in [4.69, 9.17) is 0 Å². The molecule has 0 aliphatic heterocycles. The Hall–Kier alpha value is -1.25. The first-order chi connectivity index (χ1) is 5.63. The van der Waals surface area contributed by atoms with Gasteiger partial charge in [0.05, 0.1) is 17.3 Å². The molecule has 1 aromatic rings. The van der Waals surface area contributed by atoms with Gasteiger partial charge >= 0.3 is 0 Å². The minimum absolute atomic E-state index is 0.124. The fraction of sp³-hybridized carbons (Fsp3) is 0.444. The molecule has 3 nitrogen and oxygen atoms in total. The SMILES string of the molecule is CC(=O)C(C)c1nccnc1C. The highest BCUT2D eigenvalue weighted by Crippen LogP contribution is 2.14. The van der Waals surface area contributed by atoms with E-state index >= 15 is 0 Å². The second-order valence-electron chi connectivity index (χ2n) is 2.86. The number of aryl methyl sites for hydroxylation is 1. The van der Waals surface area contributed by atoms with Crippen LogP contribution in [0.25, 0.3) is 0 Å². The van der Waals surface area contributed by atoms with E-state index in [2.05, 4.69) is 9.97 Å². The molecule has 0 N–H and O–H groups in total. The largest absolute Gasteiger partial charge is 0.299 e. The monoisotopic (exact) mass is 164 g/mol. The van der Waals surface area contributed by atoms with E-state index in [-0.39, 0.29) is 11.7 Å². The van der Waals surface area contributed by atoms with Gasteiger partial charge in [-0.1, -0.05) is 0 Å². The molecule has 1 aromatic heterocycles. The van der Waals surface area contributed by atoms with Crippen LogP contribution in [-0.4, -0.2) is 15.8 Å². The normalized spacial score (nSPS) is 12.6. The maximum absolute atomic E-state index is 11.0. The Balaban J connectivity index is 3.02. The average Bonchev–Trinajstić information content (AvgIpc) is 2.04. The predicted octanol–water partition coefficient (Wildman–Crippen LogP) is 1.48. The van der Waals surface area contributed by atoms with Gasteiger partial charge in [-0.25, -0.2) is 0 Å². The Labute approximate surface area is 71.9 Å². The van der Waals surface area contributed by atoms with Gasteiger partial charge in [-0.15, -0.1) is 0 Å². The molecule has 1 heterocycles. The van der Waals surface area contributed by atoms with Gasteiger partial charge in [-0.05, 0) is 20.8 Å². The Morgan fingerprint density at radius 1 is 1.42 bits per heavy atom. The first-order valence-corrected chi connectivity index (χ1v) is 3.91. The zero-order chi connectivity index (χ0) is 9.14. The van der Waals surface area contributed by atoms with Gasteiger partial charge in [0, 0.05) is 12.4 Å². The van der Waals surface area contributed by atoms with Crippen LogP contribution >= 0.6 is 0 Å². The lowest BCUT2D eigenvalue weighted by Gasteiger charge is -2.07. The second kappa shape index (κ2) is 3.43. The minimum Gasteiger partial charge on any atom is -0.299 e. The van der Waals surface area contributed by atoms with Gasteiger partial charge in [-0.3, -0.25) is 14.8 Å². The van der Waals surface area contributed by atoms with Crippen molar-refractivity contribution < 1.29 is 4.79 Å². The fourth-order valence-electron chi connectivity index (χ4n) is 1.04. The second-order valence-corrected chi connectivity index (χ2v) is 2.86. The molecule has 0 radical (unpaired) electrons. The summed E-state index contributed by atoms with van der Waals surface area (Å²) in [5.74, 6) is -0.0164. The van der Waals surface area contributed by atoms with E-state index < -0.39 is 0 Å². The zero-order valence-corrected chi connectivity index (χ0v) is 7.53. The highest BCUT2D eigenvalue weighted by Gasteiger charge is 2.14. The van der Waals surface area contributed by atoms with E-state index in [1.165, 1.54) is 0 Å². The lowest BCUT2D eigenvalue weighted by molar-refractivity contribution is -0.118. The van der Waals surface area contributed by atoms with Crippen LogP contribution < -0.4 is 0 Å². The predicted molar refractivity (Wildman–Crippen MR) is 45.9 cm³/mol. The molecule has 0 aliphatic carbocycles. The van der Waals surface area contributed by atoms with Crippen LogP contribution in [0.5, 0.6) is 0 Å². The molecule has 0 saturated carbocycles. The molecule has 3 heteroatoms. The standard InChI is InChI=1S/C9H12N2O/c1-6(8(3)12)9-7(2)10-4-5-11-9/h4-6H,1-3H3. The quantitative estimate of drug-likeness (QED) is 0.664. The Morgan fingerprint density at radius 3 is 2.50 bits per heavy atom. The molecule has 0 spiro atoms. The van der Waals surface area contributed by atoms with Crippen LogP contribution in [0.4, 0.5) is 0 Å². The number of hydrogen-bond acceptors (Lipinski definition) is 3. The molecule has 0 fully saturated rings. The number of aromatic nitrogens is 2. The van der Waals surface area contributed by atoms with Gasteiger partial charge in [0.1, 0.15) is 5.78 Å². The zero-order valence-electron chi connectivity index (χ0n) is 7.53. The van der Waals surface area contributed by atoms with E-state index in [1.54, 1.807) is 19.3 Å². The Bertz CT molecular complexity index is 296. The number of rotatable bonds is 2. The molecule has 0 aromatic carbocycles. The first kappa shape index (κ1) is 8.84. The maximum Gasteiger partial charge on any atom is 0.138 e. The summed E-state index contributed by atoms with van der Waals surface area (Å²) >= 11 is 0. The van der Waals surface area contributed by atoms with Crippen molar-refractivity contribution in [2.45, 2.75) is 26.7 Å². The third-order valence-electron chi connectivity index (χ3n) is 1.94. The summed E-state index contributed by atoms with van der Waals surface area (Å²) in [7, 11) is 0. The molecular formula is C9H12N2O. The van der Waals surface area contributed by atoms with E-state index in [0.29, 0.717) is 0 Å². The van der Waals surface area contributed by atoms with Crippen molar-refractivity contribution in [2.24, 2.45) is 0 Å². The summed E-state index contributed by atoms with van der Waals surface area (Å²) in [6, 6.07) is 0. The highest BCUT2D eigenvalue weighted by atomic mass is 16.1. The van der Waals surface area contributed by atoms with Crippen molar-refractivity contribution in [1.29, 1.82) is 0 Å². The van der Waals surface area contributed by atoms with Gasteiger partial charge in [0.2, 0.25) is 0 Å². The molecule has 1 unspecified atom stereocenters. The van der Waals surface area contributed by atoms with Gasteiger partial charge in [0.15, 0.2) is 0 Å². The molecule has 12 heavy (non-hydrogen) atoms. The van der Waals surface area contributed by atoms with Gasteiger partial charge < -0.3 is 0 Å².